The minimum absolute atomic E-state index is 0.152. The summed E-state index contributed by atoms with van der Waals surface area (Å²) in [6.07, 6.45) is 0. The van der Waals surface area contributed by atoms with Crippen LogP contribution in [0.2, 0.25) is 0 Å². The van der Waals surface area contributed by atoms with Crippen LogP contribution in [0, 0.1) is 0 Å². The van der Waals surface area contributed by atoms with Crippen molar-refractivity contribution in [3.8, 4) is 0 Å². The maximum absolute atomic E-state index is 8.85. The molecule has 0 saturated carbocycles. The van der Waals surface area contributed by atoms with Gasteiger partial charge in [-0.25, -0.2) is 0 Å². The zero-order valence-electron chi connectivity index (χ0n) is 10.8. The molecule has 1 nitrogen and oxygen atoms in total. The van der Waals surface area contributed by atoms with Crippen LogP contribution in [0.25, 0.3) is 20.2 Å². The summed E-state index contributed by atoms with van der Waals surface area (Å²) in [6.45, 7) is 0.152. The number of hydrogen-bond donors (Lipinski definition) is 1. The first-order chi connectivity index (χ1) is 9.86. The topological polar surface area (TPSA) is 20.2 Å². The zero-order valence-corrected chi connectivity index (χ0v) is 12.5. The highest BCUT2D eigenvalue weighted by atomic mass is 32.1. The molecule has 2 aromatic heterocycles. The molecule has 0 aliphatic rings. The molecule has 0 fully saturated rings. The van der Waals surface area contributed by atoms with E-state index in [1.807, 2.05) is 18.2 Å². The molecule has 0 aliphatic heterocycles. The largest absolute Gasteiger partial charge is 0.391 e. The molecule has 1 N–H and O–H groups in total. The minimum Gasteiger partial charge on any atom is -0.391 e. The monoisotopic (exact) mass is 298 g/mol. The Bertz CT molecular complexity index is 750. The third kappa shape index (κ3) is 2.90. The van der Waals surface area contributed by atoms with Gasteiger partial charge in [-0.05, 0) is 40.4 Å². The molecule has 4 rings (SSSR count). The molecule has 2 heterocycles. The highest BCUT2D eigenvalue weighted by Gasteiger charge is 1.97. The van der Waals surface area contributed by atoms with Crippen LogP contribution >= 0.6 is 22.7 Å². The average Bonchev–Trinajstić information content (AvgIpc) is 3.13. The lowest BCUT2D eigenvalue weighted by molar-refractivity contribution is 0.285. The Balaban J connectivity index is 0.000000123. The Morgan fingerprint density at radius 3 is 2.20 bits per heavy atom. The third-order valence-electron chi connectivity index (χ3n) is 2.99. The van der Waals surface area contributed by atoms with E-state index < -0.39 is 0 Å². The molecule has 0 radical (unpaired) electrons. The van der Waals surface area contributed by atoms with Gasteiger partial charge in [0.25, 0.3) is 0 Å². The number of fused-ring (bicyclic) bond motifs is 2. The molecule has 0 amide bonds. The second kappa shape index (κ2) is 6.18. The number of thiophene rings is 2. The van der Waals surface area contributed by atoms with Crippen molar-refractivity contribution < 1.29 is 5.11 Å². The van der Waals surface area contributed by atoms with Crippen molar-refractivity contribution in [2.75, 3.05) is 0 Å². The molecule has 0 bridgehead atoms. The fourth-order valence-electron chi connectivity index (χ4n) is 2.02. The van der Waals surface area contributed by atoms with E-state index in [2.05, 4.69) is 47.8 Å². The molecule has 0 spiro atoms. The maximum Gasteiger partial charge on any atom is 0.0774 e. The first kappa shape index (κ1) is 13.3. The van der Waals surface area contributed by atoms with Crippen molar-refractivity contribution in [2.45, 2.75) is 6.61 Å². The zero-order chi connectivity index (χ0) is 13.8. The SMILES string of the molecule is OCc1cc2ccccc2s1.c1ccc2sccc2c1. The fraction of sp³-hybridized carbons (Fsp3) is 0.0588. The van der Waals surface area contributed by atoms with Gasteiger partial charge in [0.1, 0.15) is 0 Å². The number of benzene rings is 2. The van der Waals surface area contributed by atoms with Gasteiger partial charge in [-0.1, -0.05) is 36.4 Å². The van der Waals surface area contributed by atoms with Gasteiger partial charge in [0, 0.05) is 14.3 Å². The highest BCUT2D eigenvalue weighted by Crippen LogP contribution is 2.24. The summed E-state index contributed by atoms with van der Waals surface area (Å²) >= 11 is 3.43. The summed E-state index contributed by atoms with van der Waals surface area (Å²) in [6, 6.07) is 20.7. The fourth-order valence-corrected chi connectivity index (χ4v) is 3.74. The maximum atomic E-state index is 8.85. The Morgan fingerprint density at radius 1 is 0.800 bits per heavy atom. The van der Waals surface area contributed by atoms with Crippen LogP contribution in [0.4, 0.5) is 0 Å². The lowest BCUT2D eigenvalue weighted by atomic mass is 10.2. The van der Waals surface area contributed by atoms with E-state index in [4.69, 9.17) is 5.11 Å². The molecule has 20 heavy (non-hydrogen) atoms. The van der Waals surface area contributed by atoms with Crippen molar-refractivity contribution >= 4 is 42.8 Å². The second-order valence-corrected chi connectivity index (χ2v) is 6.48. The van der Waals surface area contributed by atoms with Crippen molar-refractivity contribution in [2.24, 2.45) is 0 Å². The minimum atomic E-state index is 0.152. The van der Waals surface area contributed by atoms with Crippen molar-refractivity contribution in [1.29, 1.82) is 0 Å². The normalized spacial score (nSPS) is 10.4. The molecular weight excluding hydrogens is 284 g/mol. The van der Waals surface area contributed by atoms with E-state index in [-0.39, 0.29) is 6.61 Å². The van der Waals surface area contributed by atoms with E-state index in [0.717, 1.165) is 4.88 Å². The summed E-state index contributed by atoms with van der Waals surface area (Å²) in [7, 11) is 0. The predicted octanol–water partition coefficient (Wildman–Crippen LogP) is 5.29. The Labute approximate surface area is 125 Å². The summed E-state index contributed by atoms with van der Waals surface area (Å²) in [5.74, 6) is 0. The van der Waals surface area contributed by atoms with E-state index >= 15 is 0 Å². The molecule has 0 atom stereocenters. The molecule has 0 saturated heterocycles. The molecule has 100 valence electrons. The van der Waals surface area contributed by atoms with Crippen LogP contribution < -0.4 is 0 Å². The number of hydrogen-bond acceptors (Lipinski definition) is 3. The van der Waals surface area contributed by atoms with Crippen LogP contribution in [-0.4, -0.2) is 5.11 Å². The summed E-state index contributed by atoms with van der Waals surface area (Å²) in [5, 5.41) is 13.5. The first-order valence-electron chi connectivity index (χ1n) is 6.37. The van der Waals surface area contributed by atoms with Crippen LogP contribution in [-0.2, 0) is 6.61 Å². The molecular formula is C17H14OS2. The summed E-state index contributed by atoms with van der Waals surface area (Å²) < 4.78 is 2.62. The van der Waals surface area contributed by atoms with Crippen LogP contribution in [0.3, 0.4) is 0 Å². The van der Waals surface area contributed by atoms with Crippen molar-refractivity contribution in [3.63, 3.8) is 0 Å². The van der Waals surface area contributed by atoms with E-state index in [0.29, 0.717) is 0 Å². The molecule has 0 unspecified atom stereocenters. The Morgan fingerprint density at radius 2 is 1.50 bits per heavy atom. The van der Waals surface area contributed by atoms with Gasteiger partial charge in [-0.3, -0.25) is 0 Å². The predicted molar refractivity (Wildman–Crippen MR) is 89.6 cm³/mol. The highest BCUT2D eigenvalue weighted by molar-refractivity contribution is 7.19. The van der Waals surface area contributed by atoms with Gasteiger partial charge in [0.15, 0.2) is 0 Å². The van der Waals surface area contributed by atoms with Crippen molar-refractivity contribution in [3.05, 3.63) is 70.9 Å². The third-order valence-corrected chi connectivity index (χ3v) is 4.99. The standard InChI is InChI=1S/C9H8OS.C8H6S/c10-6-8-5-7-3-1-2-4-9(7)11-8;1-2-4-8-7(3-1)5-6-9-8/h1-5,10H,6H2;1-6H. The van der Waals surface area contributed by atoms with Crippen molar-refractivity contribution in [1.82, 2.24) is 0 Å². The van der Waals surface area contributed by atoms with Gasteiger partial charge < -0.3 is 5.11 Å². The second-order valence-electron chi connectivity index (χ2n) is 4.37. The van der Waals surface area contributed by atoms with Crippen LogP contribution in [0.15, 0.2) is 66.0 Å². The quantitative estimate of drug-likeness (QED) is 0.506. The van der Waals surface area contributed by atoms with Gasteiger partial charge in [0.2, 0.25) is 0 Å². The average molecular weight is 298 g/mol. The van der Waals surface area contributed by atoms with E-state index in [9.17, 15) is 0 Å². The van der Waals surface area contributed by atoms with Gasteiger partial charge in [-0.2, -0.15) is 0 Å². The number of rotatable bonds is 1. The molecule has 0 aliphatic carbocycles. The smallest absolute Gasteiger partial charge is 0.0774 e. The lowest BCUT2D eigenvalue weighted by Gasteiger charge is -1.82. The van der Waals surface area contributed by atoms with Crippen LogP contribution in [0.1, 0.15) is 4.88 Å². The van der Waals surface area contributed by atoms with Gasteiger partial charge in [-0.15, -0.1) is 22.7 Å². The summed E-state index contributed by atoms with van der Waals surface area (Å²) in [4.78, 5) is 1.03. The van der Waals surface area contributed by atoms with Gasteiger partial charge >= 0.3 is 0 Å². The van der Waals surface area contributed by atoms with Crippen LogP contribution in [0.5, 0.6) is 0 Å². The lowest BCUT2D eigenvalue weighted by Crippen LogP contribution is -1.69. The Hall–Kier alpha value is -1.68. The summed E-state index contributed by atoms with van der Waals surface area (Å²) in [5.41, 5.74) is 0. The molecule has 4 aromatic rings. The molecule has 2 aromatic carbocycles. The molecule has 3 heteroatoms. The van der Waals surface area contributed by atoms with Gasteiger partial charge in [0.05, 0.1) is 6.61 Å². The Kier molecular flexibility index (Phi) is 4.11. The van der Waals surface area contributed by atoms with E-state index in [1.165, 1.54) is 20.2 Å². The first-order valence-corrected chi connectivity index (χ1v) is 8.07. The number of aliphatic hydroxyl groups excluding tert-OH is 1. The number of aliphatic hydroxyl groups is 1. The van der Waals surface area contributed by atoms with E-state index in [1.54, 1.807) is 22.7 Å².